The van der Waals surface area contributed by atoms with Crippen molar-refractivity contribution in [2.75, 3.05) is 13.2 Å². The lowest BCUT2D eigenvalue weighted by atomic mass is 9.91. The van der Waals surface area contributed by atoms with Crippen LogP contribution in [0.15, 0.2) is 0 Å². The molecule has 7 heteroatoms. The van der Waals surface area contributed by atoms with E-state index in [-0.39, 0.29) is 37.4 Å². The van der Waals surface area contributed by atoms with Gasteiger partial charge in [0.25, 0.3) is 11.8 Å². The Bertz CT molecular complexity index is 406. The quantitative estimate of drug-likeness (QED) is 0.670. The van der Waals surface area contributed by atoms with E-state index in [9.17, 15) is 14.4 Å². The lowest BCUT2D eigenvalue weighted by Crippen LogP contribution is -2.33. The van der Waals surface area contributed by atoms with Gasteiger partial charge in [-0.25, -0.2) is 4.79 Å². The number of nitrogens with zero attached hydrogens (tertiary/aromatic N) is 1. The van der Waals surface area contributed by atoms with Gasteiger partial charge in [-0.1, -0.05) is 0 Å². The second-order valence-electron chi connectivity index (χ2n) is 5.03. The summed E-state index contributed by atoms with van der Waals surface area (Å²) in [7, 11) is 0. The van der Waals surface area contributed by atoms with Gasteiger partial charge >= 0.3 is 5.97 Å². The van der Waals surface area contributed by atoms with E-state index < -0.39 is 17.8 Å². The van der Waals surface area contributed by atoms with E-state index in [4.69, 9.17) is 14.3 Å². The maximum atomic E-state index is 11.8. The molecule has 3 heterocycles. The molecule has 0 saturated carbocycles. The molecule has 0 bridgehead atoms. The van der Waals surface area contributed by atoms with E-state index in [0.717, 1.165) is 6.42 Å². The lowest BCUT2D eigenvalue weighted by Gasteiger charge is -2.16. The minimum Gasteiger partial charge on any atom is -0.352 e. The first kappa shape index (κ1) is 12.6. The number of amides is 2. The zero-order chi connectivity index (χ0) is 13.4. The maximum absolute atomic E-state index is 11.8. The summed E-state index contributed by atoms with van der Waals surface area (Å²) >= 11 is 0. The predicted octanol–water partition coefficient (Wildman–Crippen LogP) is -0.00730. The molecule has 3 fully saturated rings. The summed E-state index contributed by atoms with van der Waals surface area (Å²) in [5.74, 6) is -1.23. The Hall–Kier alpha value is -1.47. The van der Waals surface area contributed by atoms with Gasteiger partial charge in [-0.3, -0.25) is 9.59 Å². The van der Waals surface area contributed by atoms with Crippen LogP contribution in [-0.4, -0.2) is 42.4 Å². The standard InChI is InChI=1S/C12H15NO6/c14-9-1-2-10(15)13(9)19-11(16)5-7-6-18-12-8(7)3-4-17-12/h7-8,12H,1-6H2/t7-,8-,12+/m0/s1. The summed E-state index contributed by atoms with van der Waals surface area (Å²) in [6.45, 7) is 1.09. The molecule has 3 saturated heterocycles. The molecule has 0 spiro atoms. The minimum atomic E-state index is -0.565. The van der Waals surface area contributed by atoms with Gasteiger partial charge in [0.05, 0.1) is 19.6 Å². The first-order chi connectivity index (χ1) is 9.15. The Morgan fingerprint density at radius 1 is 1.26 bits per heavy atom. The Kier molecular flexibility index (Phi) is 3.24. The highest BCUT2D eigenvalue weighted by atomic mass is 16.7. The van der Waals surface area contributed by atoms with E-state index in [0.29, 0.717) is 18.3 Å². The molecule has 0 N–H and O–H groups in total. The molecule has 0 unspecified atom stereocenters. The van der Waals surface area contributed by atoms with Crippen LogP contribution in [0.2, 0.25) is 0 Å². The smallest absolute Gasteiger partial charge is 0.333 e. The number of rotatable bonds is 3. The highest BCUT2D eigenvalue weighted by Gasteiger charge is 2.43. The molecule has 3 rings (SSSR count). The number of hydroxylamine groups is 2. The van der Waals surface area contributed by atoms with Crippen molar-refractivity contribution in [2.45, 2.75) is 32.0 Å². The SMILES string of the molecule is O=C(C[C@H]1CO[C@H]2OCC[C@@H]12)ON1C(=O)CCC1=O. The predicted molar refractivity (Wildman–Crippen MR) is 59.1 cm³/mol. The van der Waals surface area contributed by atoms with Crippen LogP contribution >= 0.6 is 0 Å². The molecule has 0 aromatic carbocycles. The van der Waals surface area contributed by atoms with Crippen molar-refractivity contribution in [1.82, 2.24) is 5.06 Å². The topological polar surface area (TPSA) is 82.1 Å². The first-order valence-electron chi connectivity index (χ1n) is 6.45. The van der Waals surface area contributed by atoms with E-state index >= 15 is 0 Å². The van der Waals surface area contributed by atoms with Crippen LogP contribution < -0.4 is 0 Å². The van der Waals surface area contributed by atoms with E-state index in [2.05, 4.69) is 0 Å². The van der Waals surface area contributed by atoms with Gasteiger partial charge in [0.2, 0.25) is 0 Å². The van der Waals surface area contributed by atoms with Gasteiger partial charge in [0.1, 0.15) is 0 Å². The van der Waals surface area contributed by atoms with Crippen molar-refractivity contribution in [3.63, 3.8) is 0 Å². The number of imide groups is 1. The zero-order valence-corrected chi connectivity index (χ0v) is 10.4. The van der Waals surface area contributed by atoms with Gasteiger partial charge in [0.15, 0.2) is 6.29 Å². The van der Waals surface area contributed by atoms with Crippen molar-refractivity contribution in [3.8, 4) is 0 Å². The average Bonchev–Trinajstić information content (AvgIpc) is 3.03. The third-order valence-electron chi connectivity index (χ3n) is 3.79. The number of ether oxygens (including phenoxy) is 2. The highest BCUT2D eigenvalue weighted by Crippen LogP contribution is 2.37. The van der Waals surface area contributed by atoms with Crippen molar-refractivity contribution in [2.24, 2.45) is 11.8 Å². The monoisotopic (exact) mass is 269 g/mol. The molecular weight excluding hydrogens is 254 g/mol. The molecule has 104 valence electrons. The number of carbonyl (C=O) groups excluding carboxylic acids is 3. The van der Waals surface area contributed by atoms with E-state index in [1.807, 2.05) is 0 Å². The summed E-state index contributed by atoms with van der Waals surface area (Å²) < 4.78 is 10.8. The maximum Gasteiger partial charge on any atom is 0.333 e. The van der Waals surface area contributed by atoms with Crippen LogP contribution in [0.4, 0.5) is 0 Å². The molecule has 3 aliphatic heterocycles. The van der Waals surface area contributed by atoms with Gasteiger partial charge < -0.3 is 14.3 Å². The molecule has 3 atom stereocenters. The molecule has 0 aromatic heterocycles. The van der Waals surface area contributed by atoms with Crippen LogP contribution in [0.25, 0.3) is 0 Å². The molecule has 0 aliphatic carbocycles. The fourth-order valence-electron chi connectivity index (χ4n) is 2.77. The third-order valence-corrected chi connectivity index (χ3v) is 3.79. The Balaban J connectivity index is 1.54. The second kappa shape index (κ2) is 4.90. The molecule has 0 radical (unpaired) electrons. The zero-order valence-electron chi connectivity index (χ0n) is 10.4. The summed E-state index contributed by atoms with van der Waals surface area (Å²) in [5, 5.41) is 0.584. The molecule has 0 aromatic rings. The Morgan fingerprint density at radius 3 is 2.74 bits per heavy atom. The average molecular weight is 269 g/mol. The van der Waals surface area contributed by atoms with Crippen molar-refractivity contribution in [1.29, 1.82) is 0 Å². The van der Waals surface area contributed by atoms with Gasteiger partial charge in [-0.05, 0) is 6.42 Å². The second-order valence-corrected chi connectivity index (χ2v) is 5.03. The summed E-state index contributed by atoms with van der Waals surface area (Å²) in [4.78, 5) is 39.3. The summed E-state index contributed by atoms with van der Waals surface area (Å²) in [6, 6.07) is 0. The summed E-state index contributed by atoms with van der Waals surface area (Å²) in [6.07, 6.45) is 1.01. The Labute approximate surface area is 109 Å². The van der Waals surface area contributed by atoms with Crippen molar-refractivity contribution in [3.05, 3.63) is 0 Å². The fraction of sp³-hybridized carbons (Fsp3) is 0.750. The third kappa shape index (κ3) is 2.35. The highest BCUT2D eigenvalue weighted by molar-refractivity contribution is 6.01. The molecule has 19 heavy (non-hydrogen) atoms. The van der Waals surface area contributed by atoms with Crippen molar-refractivity contribution >= 4 is 17.8 Å². The molecule has 3 aliphatic rings. The normalized spacial score (nSPS) is 33.9. The van der Waals surface area contributed by atoms with Gasteiger partial charge in [-0.2, -0.15) is 0 Å². The van der Waals surface area contributed by atoms with E-state index in [1.165, 1.54) is 0 Å². The van der Waals surface area contributed by atoms with Crippen LogP contribution in [0.3, 0.4) is 0 Å². The Morgan fingerprint density at radius 2 is 2.00 bits per heavy atom. The number of hydrogen-bond acceptors (Lipinski definition) is 6. The number of carbonyl (C=O) groups is 3. The van der Waals surface area contributed by atoms with Crippen molar-refractivity contribution < 1.29 is 28.7 Å². The van der Waals surface area contributed by atoms with Gasteiger partial charge in [0, 0.05) is 24.7 Å². The van der Waals surface area contributed by atoms with Gasteiger partial charge in [-0.15, -0.1) is 5.06 Å². The minimum absolute atomic E-state index is 0.0350. The number of fused-ring (bicyclic) bond motifs is 1. The molecule has 2 amide bonds. The van der Waals surface area contributed by atoms with Crippen LogP contribution in [0.5, 0.6) is 0 Å². The van der Waals surface area contributed by atoms with Crippen LogP contribution in [-0.2, 0) is 28.7 Å². The van der Waals surface area contributed by atoms with E-state index in [1.54, 1.807) is 0 Å². The van der Waals surface area contributed by atoms with Crippen LogP contribution in [0, 0.1) is 11.8 Å². The molecule has 7 nitrogen and oxygen atoms in total. The lowest BCUT2D eigenvalue weighted by molar-refractivity contribution is -0.198. The first-order valence-corrected chi connectivity index (χ1v) is 6.45. The number of hydrogen-bond donors (Lipinski definition) is 0. The molecular formula is C12H15NO6. The van der Waals surface area contributed by atoms with Crippen LogP contribution in [0.1, 0.15) is 25.7 Å². The largest absolute Gasteiger partial charge is 0.352 e. The fourth-order valence-corrected chi connectivity index (χ4v) is 2.77. The summed E-state index contributed by atoms with van der Waals surface area (Å²) in [5.41, 5.74) is 0.